The number of nitrogens with zero attached hydrogens (tertiary/aromatic N) is 1. The molecule has 0 amide bonds. The lowest BCUT2D eigenvalue weighted by Crippen LogP contribution is -2.77. The number of benzene rings is 2. The van der Waals surface area contributed by atoms with E-state index in [9.17, 15) is 9.90 Å². The number of carbonyl (C=O) groups is 1. The highest BCUT2D eigenvalue weighted by Gasteiger charge is 2.73. The fourth-order valence-corrected chi connectivity index (χ4v) is 6.99. The summed E-state index contributed by atoms with van der Waals surface area (Å²) in [7, 11) is 1.80. The van der Waals surface area contributed by atoms with Crippen LogP contribution < -0.4 is 4.74 Å². The summed E-state index contributed by atoms with van der Waals surface area (Å²) < 4.78 is 12.6. The Morgan fingerprint density at radius 1 is 1.19 bits per heavy atom. The van der Waals surface area contributed by atoms with E-state index in [0.717, 1.165) is 37.9 Å². The van der Waals surface area contributed by atoms with Crippen LogP contribution >= 0.6 is 12.4 Å². The molecule has 2 aliphatic carbocycles. The van der Waals surface area contributed by atoms with Gasteiger partial charge in [-0.3, -0.25) is 9.69 Å². The van der Waals surface area contributed by atoms with Crippen molar-refractivity contribution < 1.29 is 19.4 Å². The Hall–Kier alpha value is -2.08. The fourth-order valence-electron chi connectivity index (χ4n) is 6.99. The predicted octanol–water partition coefficient (Wildman–Crippen LogP) is 3.43. The maximum absolute atomic E-state index is 13.0. The molecule has 6 rings (SSSR count). The number of rotatable bonds is 4. The van der Waals surface area contributed by atoms with Crippen LogP contribution in [0.2, 0.25) is 0 Å². The van der Waals surface area contributed by atoms with Gasteiger partial charge in [-0.25, -0.2) is 0 Å². The lowest BCUT2D eigenvalue weighted by Gasteiger charge is -2.64. The van der Waals surface area contributed by atoms with Crippen LogP contribution in [-0.2, 0) is 27.8 Å². The van der Waals surface area contributed by atoms with E-state index in [-0.39, 0.29) is 30.0 Å². The summed E-state index contributed by atoms with van der Waals surface area (Å²) in [6, 6.07) is 14.5. The quantitative estimate of drug-likeness (QED) is 0.787. The number of carbonyl (C=O) groups excluding carboxylic acids is 1. The van der Waals surface area contributed by atoms with Gasteiger partial charge in [0.05, 0.1) is 11.0 Å². The molecular formula is C25H28ClNO4. The molecule has 5 nitrogen and oxygen atoms in total. The molecule has 2 fully saturated rings. The number of methoxy groups -OCH3 is 1. The van der Waals surface area contributed by atoms with Crippen LogP contribution in [0, 0.1) is 0 Å². The molecule has 0 aromatic heterocycles. The Bertz CT molecular complexity index is 1030. The summed E-state index contributed by atoms with van der Waals surface area (Å²) in [6.07, 6.45) is 3.30. The standard InChI is InChI=1S/C25H27NO4.ClH/c1-29-25-11-9-19(28)23-24(25)12-14-26(13-10-16-5-3-2-4-6-16)20(25)15-17-7-8-18(27)22(30-23)21(17)24;/h2-8,20,23,27H,9-15H2,1H3;1H/t20-,23+,24+,25-;/m1./s1. The van der Waals surface area contributed by atoms with Gasteiger partial charge in [0.15, 0.2) is 23.4 Å². The number of phenolic OH excluding ortho intramolecular Hbond substituents is 1. The first-order valence-electron chi connectivity index (χ1n) is 11.0. The molecule has 1 N–H and O–H groups in total. The minimum absolute atomic E-state index is 0. The Morgan fingerprint density at radius 3 is 2.77 bits per heavy atom. The number of likely N-dealkylation sites (tertiary alicyclic amines) is 1. The average molecular weight is 442 g/mol. The number of aromatic hydroxyl groups is 1. The second kappa shape index (κ2) is 7.22. The zero-order chi connectivity index (χ0) is 20.5. The number of phenols is 1. The number of halogens is 1. The van der Waals surface area contributed by atoms with Crippen LogP contribution in [-0.4, -0.2) is 53.7 Å². The molecule has 4 aliphatic rings. The maximum atomic E-state index is 13.0. The molecule has 1 saturated heterocycles. The van der Waals surface area contributed by atoms with Crippen molar-refractivity contribution in [3.05, 3.63) is 59.2 Å². The third-order valence-corrected chi connectivity index (χ3v) is 8.22. The van der Waals surface area contributed by atoms with E-state index in [0.29, 0.717) is 18.6 Å². The van der Waals surface area contributed by atoms with Gasteiger partial charge in [-0.15, -0.1) is 12.4 Å². The van der Waals surface area contributed by atoms with Crippen molar-refractivity contribution in [1.29, 1.82) is 0 Å². The molecule has 6 heteroatoms. The van der Waals surface area contributed by atoms with Gasteiger partial charge in [0.2, 0.25) is 0 Å². The van der Waals surface area contributed by atoms with Gasteiger partial charge < -0.3 is 14.6 Å². The van der Waals surface area contributed by atoms with Gasteiger partial charge >= 0.3 is 0 Å². The zero-order valence-electron chi connectivity index (χ0n) is 17.7. The van der Waals surface area contributed by atoms with Crippen LogP contribution in [0.3, 0.4) is 0 Å². The summed E-state index contributed by atoms with van der Waals surface area (Å²) in [6.45, 7) is 1.87. The molecule has 2 aliphatic heterocycles. The third-order valence-electron chi connectivity index (χ3n) is 8.22. The largest absolute Gasteiger partial charge is 0.504 e. The van der Waals surface area contributed by atoms with Crippen LogP contribution in [0.5, 0.6) is 11.5 Å². The van der Waals surface area contributed by atoms with Crippen LogP contribution in [0.15, 0.2) is 42.5 Å². The molecule has 2 aromatic carbocycles. The summed E-state index contributed by atoms with van der Waals surface area (Å²) in [5.74, 6) is 0.799. The first-order valence-corrected chi connectivity index (χ1v) is 11.0. The van der Waals surface area contributed by atoms with E-state index in [1.807, 2.05) is 6.07 Å². The van der Waals surface area contributed by atoms with Gasteiger partial charge in [-0.2, -0.15) is 0 Å². The molecule has 164 valence electrons. The molecule has 1 saturated carbocycles. The topological polar surface area (TPSA) is 59.0 Å². The van der Waals surface area contributed by atoms with Gasteiger partial charge in [0.25, 0.3) is 0 Å². The average Bonchev–Trinajstić information content (AvgIpc) is 3.13. The fraction of sp³-hybridized carbons (Fsp3) is 0.480. The Labute approximate surface area is 188 Å². The van der Waals surface area contributed by atoms with E-state index in [1.54, 1.807) is 13.2 Å². The number of Topliss-reactive ketones (excluding diaryl/α,β-unsaturated/α-hetero) is 1. The minimum atomic E-state index is -0.549. The second-order valence-corrected chi connectivity index (χ2v) is 9.22. The summed E-state index contributed by atoms with van der Waals surface area (Å²) in [5, 5.41) is 10.5. The van der Waals surface area contributed by atoms with Crippen molar-refractivity contribution >= 4 is 18.2 Å². The van der Waals surface area contributed by atoms with E-state index in [4.69, 9.17) is 9.47 Å². The molecule has 2 bridgehead atoms. The molecule has 0 radical (unpaired) electrons. The smallest absolute Gasteiger partial charge is 0.174 e. The molecule has 1 spiro atoms. The number of ketones is 1. The number of hydrogen-bond acceptors (Lipinski definition) is 5. The highest BCUT2D eigenvalue weighted by Crippen LogP contribution is 2.65. The normalized spacial score (nSPS) is 32.7. The summed E-state index contributed by atoms with van der Waals surface area (Å²) >= 11 is 0. The van der Waals surface area contributed by atoms with Crippen molar-refractivity contribution in [3.63, 3.8) is 0 Å². The number of hydrogen-bond donors (Lipinski definition) is 1. The zero-order valence-corrected chi connectivity index (χ0v) is 18.5. The lowest BCUT2D eigenvalue weighted by atomic mass is 9.49. The predicted molar refractivity (Wildman–Crippen MR) is 119 cm³/mol. The van der Waals surface area contributed by atoms with Crippen molar-refractivity contribution in [2.45, 2.75) is 55.3 Å². The van der Waals surface area contributed by atoms with Crippen LogP contribution in [0.25, 0.3) is 0 Å². The number of piperidine rings is 1. The van der Waals surface area contributed by atoms with Gasteiger partial charge in [0, 0.05) is 31.7 Å². The Morgan fingerprint density at radius 2 is 2.00 bits per heavy atom. The van der Waals surface area contributed by atoms with E-state index < -0.39 is 17.1 Å². The Balaban J connectivity index is 0.00000204. The van der Waals surface area contributed by atoms with E-state index >= 15 is 0 Å². The van der Waals surface area contributed by atoms with Crippen LogP contribution in [0.4, 0.5) is 0 Å². The Kier molecular flexibility index (Phi) is 4.85. The molecule has 2 heterocycles. The highest BCUT2D eigenvalue weighted by atomic mass is 35.5. The van der Waals surface area contributed by atoms with Gasteiger partial charge in [0.1, 0.15) is 0 Å². The summed E-state index contributed by atoms with van der Waals surface area (Å²) in [5.41, 5.74) is 2.62. The monoisotopic (exact) mass is 441 g/mol. The third kappa shape index (κ3) is 2.54. The van der Waals surface area contributed by atoms with E-state index in [2.05, 4.69) is 35.2 Å². The van der Waals surface area contributed by atoms with Crippen molar-refractivity contribution in [2.24, 2.45) is 0 Å². The lowest BCUT2D eigenvalue weighted by molar-refractivity contribution is -0.201. The highest BCUT2D eigenvalue weighted by molar-refractivity contribution is 5.90. The first-order chi connectivity index (χ1) is 14.6. The first kappa shape index (κ1) is 20.8. The van der Waals surface area contributed by atoms with Crippen molar-refractivity contribution in [1.82, 2.24) is 4.90 Å². The van der Waals surface area contributed by atoms with Crippen molar-refractivity contribution in [3.8, 4) is 11.5 Å². The van der Waals surface area contributed by atoms with Gasteiger partial charge in [-0.1, -0.05) is 36.4 Å². The second-order valence-electron chi connectivity index (χ2n) is 9.22. The molecule has 31 heavy (non-hydrogen) atoms. The number of ether oxygens (including phenoxy) is 2. The van der Waals surface area contributed by atoms with E-state index in [1.165, 1.54) is 11.1 Å². The van der Waals surface area contributed by atoms with Gasteiger partial charge in [-0.05, 0) is 49.4 Å². The minimum Gasteiger partial charge on any atom is -0.504 e. The van der Waals surface area contributed by atoms with Crippen molar-refractivity contribution in [2.75, 3.05) is 20.2 Å². The molecular weight excluding hydrogens is 414 g/mol. The molecule has 2 aromatic rings. The molecule has 0 unspecified atom stereocenters. The van der Waals surface area contributed by atoms with Crippen LogP contribution in [0.1, 0.15) is 36.0 Å². The molecule has 4 atom stereocenters. The summed E-state index contributed by atoms with van der Waals surface area (Å²) in [4.78, 5) is 15.6. The SMILES string of the molecule is CO[C@@]12CCC(=O)[C@@H]3Oc4c(O)ccc5c4[C@@]31CCN(CCc1ccccc1)[C@@H]2C5.Cl. The maximum Gasteiger partial charge on any atom is 0.174 e.